The average molecular weight is 615 g/mol. The quantitative estimate of drug-likeness (QED) is 0.213. The smallest absolute Gasteiger partial charge is 0.388 e. The minimum Gasteiger partial charge on any atom is -0.388 e. The molecule has 2 unspecified atom stereocenters. The largest absolute Gasteiger partial charge is 0.453 e. The van der Waals surface area contributed by atoms with Gasteiger partial charge in [0.2, 0.25) is 0 Å². The van der Waals surface area contributed by atoms with Crippen LogP contribution >= 0.6 is 0 Å². The molecule has 0 bridgehead atoms. The summed E-state index contributed by atoms with van der Waals surface area (Å²) < 4.78 is 124. The van der Waals surface area contributed by atoms with Crippen molar-refractivity contribution >= 4 is 0 Å². The highest BCUT2D eigenvalue weighted by atomic mass is 19.4. The van der Waals surface area contributed by atoms with Gasteiger partial charge in [0.05, 0.1) is 19.1 Å². The van der Waals surface area contributed by atoms with E-state index >= 15 is 8.78 Å². The van der Waals surface area contributed by atoms with Gasteiger partial charge in [0.25, 0.3) is 0 Å². The first-order valence-corrected chi connectivity index (χ1v) is 12.0. The maximum atomic E-state index is 15.8. The van der Waals surface area contributed by atoms with Gasteiger partial charge in [-0.3, -0.25) is 4.98 Å². The number of hydrogen-bond donors (Lipinski definition) is 2. The number of rotatable bonds is 8. The number of aliphatic hydroxyl groups excluding tert-OH is 1. The zero-order chi connectivity index (χ0) is 31.6. The van der Waals surface area contributed by atoms with E-state index in [1.807, 2.05) is 0 Å². The predicted octanol–water partition coefficient (Wildman–Crippen LogP) is 5.05. The van der Waals surface area contributed by atoms with Gasteiger partial charge in [-0.05, 0) is 52.4 Å². The topological polar surface area (TPSA) is 97.0 Å². The van der Waals surface area contributed by atoms with Gasteiger partial charge in [-0.1, -0.05) is 24.0 Å². The third kappa shape index (κ3) is 6.62. The Morgan fingerprint density at radius 2 is 1.51 bits per heavy atom. The highest BCUT2D eigenvalue weighted by molar-refractivity contribution is 5.43. The maximum Gasteiger partial charge on any atom is 0.453 e. The van der Waals surface area contributed by atoms with Crippen molar-refractivity contribution in [3.63, 3.8) is 0 Å². The summed E-state index contributed by atoms with van der Waals surface area (Å²) in [5, 5.41) is 31.0. The minimum atomic E-state index is -5.82. The molecule has 0 amide bonds. The molecule has 2 aromatic carbocycles. The zero-order valence-corrected chi connectivity index (χ0v) is 21.4. The summed E-state index contributed by atoms with van der Waals surface area (Å²) in [6.45, 7) is -1.04. The van der Waals surface area contributed by atoms with E-state index < -0.39 is 65.6 Å². The standard InChI is InChI=1S/C27H18F9N5O2/c28-19-8-9-20(21(29)11-19)24(43,14-41-15-38-39-40-41)26(32,33)23-10-5-17(13-37-23)2-1-16-3-6-18(7-4-16)22(42)12-25(30,31)27(34,35)36/h3-11,13,15,22,42-43H,12,14H2. The predicted molar refractivity (Wildman–Crippen MR) is 129 cm³/mol. The van der Waals surface area contributed by atoms with Crippen LogP contribution in [0.3, 0.4) is 0 Å². The molecule has 2 heterocycles. The molecule has 0 saturated heterocycles. The van der Waals surface area contributed by atoms with Gasteiger partial charge in [0.15, 0.2) is 5.60 Å². The highest BCUT2D eigenvalue weighted by Gasteiger charge is 2.59. The first-order valence-electron chi connectivity index (χ1n) is 12.0. The molecule has 0 fully saturated rings. The third-order valence-corrected chi connectivity index (χ3v) is 6.27. The number of nitrogens with zero attached hydrogens (tertiary/aromatic N) is 5. The number of hydrogen-bond acceptors (Lipinski definition) is 6. The second kappa shape index (κ2) is 11.7. The van der Waals surface area contributed by atoms with Crippen LogP contribution in [0.5, 0.6) is 0 Å². The number of aromatic nitrogens is 5. The first kappa shape index (κ1) is 31.4. The van der Waals surface area contributed by atoms with Crippen LogP contribution in [-0.2, 0) is 18.1 Å². The molecule has 7 nitrogen and oxygen atoms in total. The lowest BCUT2D eigenvalue weighted by Crippen LogP contribution is -2.48. The van der Waals surface area contributed by atoms with E-state index in [0.29, 0.717) is 18.2 Å². The van der Waals surface area contributed by atoms with E-state index in [4.69, 9.17) is 0 Å². The van der Waals surface area contributed by atoms with Crippen molar-refractivity contribution in [2.45, 2.75) is 42.7 Å². The summed E-state index contributed by atoms with van der Waals surface area (Å²) in [4.78, 5) is 3.66. The second-order valence-corrected chi connectivity index (χ2v) is 9.29. The number of aliphatic hydroxyl groups is 2. The molecule has 0 spiro atoms. The third-order valence-electron chi connectivity index (χ3n) is 6.27. The maximum absolute atomic E-state index is 15.8. The summed E-state index contributed by atoms with van der Waals surface area (Å²) in [6, 6.07) is 8.28. The molecular weight excluding hydrogens is 597 g/mol. The number of tetrazole rings is 1. The normalized spacial score (nSPS) is 14.5. The van der Waals surface area contributed by atoms with Crippen LogP contribution in [0.1, 0.15) is 40.5 Å². The lowest BCUT2D eigenvalue weighted by atomic mass is 9.84. The van der Waals surface area contributed by atoms with Crippen molar-refractivity contribution in [1.29, 1.82) is 0 Å². The molecule has 2 N–H and O–H groups in total. The lowest BCUT2D eigenvalue weighted by molar-refractivity contribution is -0.290. The van der Waals surface area contributed by atoms with Crippen molar-refractivity contribution in [3.05, 3.63) is 107 Å². The monoisotopic (exact) mass is 615 g/mol. The summed E-state index contributed by atoms with van der Waals surface area (Å²) in [7, 11) is 0. The van der Waals surface area contributed by atoms with E-state index in [1.165, 1.54) is 12.1 Å². The Labute approximate surface area is 236 Å². The van der Waals surface area contributed by atoms with Crippen molar-refractivity contribution in [1.82, 2.24) is 25.2 Å². The average Bonchev–Trinajstić information content (AvgIpc) is 3.44. The second-order valence-electron chi connectivity index (χ2n) is 9.29. The Kier molecular flexibility index (Phi) is 8.52. The molecule has 0 aliphatic carbocycles. The van der Waals surface area contributed by atoms with Crippen molar-refractivity contribution < 1.29 is 49.7 Å². The van der Waals surface area contributed by atoms with Gasteiger partial charge < -0.3 is 10.2 Å². The van der Waals surface area contributed by atoms with Crippen LogP contribution in [0.25, 0.3) is 0 Å². The van der Waals surface area contributed by atoms with Gasteiger partial charge in [-0.15, -0.1) is 5.10 Å². The van der Waals surface area contributed by atoms with Crippen LogP contribution < -0.4 is 0 Å². The lowest BCUT2D eigenvalue weighted by Gasteiger charge is -2.35. The van der Waals surface area contributed by atoms with Crippen LogP contribution in [-0.4, -0.2) is 47.5 Å². The first-order chi connectivity index (χ1) is 20.0. The molecule has 2 aromatic heterocycles. The minimum absolute atomic E-state index is 0.0884. The van der Waals surface area contributed by atoms with E-state index in [2.05, 4.69) is 32.4 Å². The Morgan fingerprint density at radius 1 is 0.860 bits per heavy atom. The molecule has 0 radical (unpaired) electrons. The molecule has 16 heteroatoms. The summed E-state index contributed by atoms with van der Waals surface area (Å²) >= 11 is 0. The number of pyridine rings is 1. The SMILES string of the molecule is OC(CC(F)(F)C(F)(F)F)c1ccc(C#Cc2ccc(C(F)(F)C(O)(Cn3cnnn3)c3ccc(F)cc3F)nc2)cc1. The molecule has 0 aliphatic rings. The van der Waals surface area contributed by atoms with E-state index in [1.54, 1.807) is 0 Å². The van der Waals surface area contributed by atoms with E-state index in [-0.39, 0.29) is 16.7 Å². The Hall–Kier alpha value is -4.49. The van der Waals surface area contributed by atoms with E-state index in [9.17, 15) is 40.9 Å². The fourth-order valence-electron chi connectivity index (χ4n) is 3.94. The van der Waals surface area contributed by atoms with Gasteiger partial charge in [-0.2, -0.15) is 30.7 Å². The van der Waals surface area contributed by atoms with Crippen LogP contribution in [0.4, 0.5) is 39.5 Å². The summed E-state index contributed by atoms with van der Waals surface area (Å²) in [5.41, 5.74) is -5.19. The highest BCUT2D eigenvalue weighted by Crippen LogP contribution is 2.46. The van der Waals surface area contributed by atoms with Gasteiger partial charge in [0, 0.05) is 29.0 Å². The Bertz CT molecular complexity index is 1620. The Balaban J connectivity index is 1.55. The van der Waals surface area contributed by atoms with Gasteiger partial charge in [-0.25, -0.2) is 13.5 Å². The van der Waals surface area contributed by atoms with Crippen LogP contribution in [0.2, 0.25) is 0 Å². The molecule has 4 rings (SSSR count). The zero-order valence-electron chi connectivity index (χ0n) is 21.4. The molecular formula is C27H18F9N5O2. The van der Waals surface area contributed by atoms with E-state index in [0.717, 1.165) is 41.5 Å². The summed E-state index contributed by atoms with van der Waals surface area (Å²) in [5.74, 6) is -6.71. The molecule has 2 atom stereocenters. The van der Waals surface area contributed by atoms with Crippen molar-refractivity contribution in [2.24, 2.45) is 0 Å². The van der Waals surface area contributed by atoms with Crippen molar-refractivity contribution in [3.8, 4) is 11.8 Å². The summed E-state index contributed by atoms with van der Waals surface area (Å²) in [6.07, 6.45) is -7.98. The molecule has 4 aromatic rings. The van der Waals surface area contributed by atoms with Gasteiger partial charge in [0.1, 0.15) is 23.7 Å². The van der Waals surface area contributed by atoms with Crippen LogP contribution in [0.15, 0.2) is 67.1 Å². The molecule has 43 heavy (non-hydrogen) atoms. The molecule has 226 valence electrons. The fraction of sp³-hybridized carbons (Fsp3) is 0.259. The fourth-order valence-corrected chi connectivity index (χ4v) is 3.94. The number of alkyl halides is 7. The number of halogens is 9. The van der Waals surface area contributed by atoms with Crippen LogP contribution in [0, 0.1) is 23.5 Å². The van der Waals surface area contributed by atoms with Crippen molar-refractivity contribution in [2.75, 3.05) is 0 Å². The van der Waals surface area contributed by atoms with Gasteiger partial charge >= 0.3 is 18.0 Å². The molecule has 0 saturated carbocycles. The molecule has 0 aliphatic heterocycles. The number of benzene rings is 2. The Morgan fingerprint density at radius 3 is 2.07 bits per heavy atom.